The molecule has 0 spiro atoms. The summed E-state index contributed by atoms with van der Waals surface area (Å²) in [4.78, 5) is 15.7. The van der Waals surface area contributed by atoms with Crippen LogP contribution < -0.4 is 4.90 Å². The highest BCUT2D eigenvalue weighted by atomic mass is 79.9. The molecule has 1 saturated heterocycles. The molecule has 0 bridgehead atoms. The van der Waals surface area contributed by atoms with Crippen molar-refractivity contribution in [2.75, 3.05) is 26.2 Å². The maximum absolute atomic E-state index is 13.8. The minimum Gasteiger partial charge on any atom is -0.328 e. The molecule has 1 aliphatic heterocycles. The number of carbonyl (C=O) groups excluding carboxylic acids is 1. The molecule has 2 heterocycles. The van der Waals surface area contributed by atoms with E-state index in [0.29, 0.717) is 13.1 Å². The Kier molecular flexibility index (Phi) is 4.90. The molecule has 0 radical (unpaired) electrons. The summed E-state index contributed by atoms with van der Waals surface area (Å²) in [6.07, 6.45) is 0. The summed E-state index contributed by atoms with van der Waals surface area (Å²) in [5.74, 6) is -0.672. The molecular weight excluding hydrogens is 367 g/mol. The smallest absolute Gasteiger partial charge is 0.257 e. The van der Waals surface area contributed by atoms with Gasteiger partial charge in [0.15, 0.2) is 0 Å². The summed E-state index contributed by atoms with van der Waals surface area (Å²) in [5, 5.41) is 4.26. The Labute approximate surface area is 141 Å². The van der Waals surface area contributed by atoms with Gasteiger partial charge >= 0.3 is 0 Å². The molecule has 0 unspecified atom stereocenters. The van der Waals surface area contributed by atoms with Crippen molar-refractivity contribution in [2.24, 2.45) is 0 Å². The van der Waals surface area contributed by atoms with Crippen LogP contribution in [0.2, 0.25) is 0 Å². The van der Waals surface area contributed by atoms with Gasteiger partial charge in [0.25, 0.3) is 5.91 Å². The number of piperazine rings is 1. The van der Waals surface area contributed by atoms with E-state index in [0.717, 1.165) is 24.1 Å². The summed E-state index contributed by atoms with van der Waals surface area (Å²) < 4.78 is 14.6. The molecular formula is C16H17BrFN2OS+. The summed E-state index contributed by atoms with van der Waals surface area (Å²) in [5.41, 5.74) is 1.49. The van der Waals surface area contributed by atoms with Gasteiger partial charge in [0.1, 0.15) is 12.4 Å². The third-order valence-corrected chi connectivity index (χ3v) is 5.18. The van der Waals surface area contributed by atoms with E-state index in [9.17, 15) is 9.18 Å². The fraction of sp³-hybridized carbons (Fsp3) is 0.312. The number of nitrogens with one attached hydrogen (secondary N) is 1. The van der Waals surface area contributed by atoms with Gasteiger partial charge in [-0.25, -0.2) is 4.39 Å². The largest absolute Gasteiger partial charge is 0.328 e. The maximum Gasteiger partial charge on any atom is 0.257 e. The molecule has 0 aliphatic carbocycles. The van der Waals surface area contributed by atoms with Crippen LogP contribution in [0.5, 0.6) is 0 Å². The zero-order valence-electron chi connectivity index (χ0n) is 12.0. The highest BCUT2D eigenvalue weighted by Gasteiger charge is 2.26. The molecule has 0 saturated carbocycles. The number of benzene rings is 1. The Hall–Kier alpha value is -1.24. The highest BCUT2D eigenvalue weighted by molar-refractivity contribution is 9.10. The summed E-state index contributed by atoms with van der Waals surface area (Å²) >= 11 is 5.00. The van der Waals surface area contributed by atoms with E-state index >= 15 is 0 Å². The zero-order chi connectivity index (χ0) is 15.5. The minimum atomic E-state index is -0.457. The van der Waals surface area contributed by atoms with Crippen molar-refractivity contribution >= 4 is 33.2 Å². The third-order valence-electron chi connectivity index (χ3n) is 3.95. The number of thiophene rings is 1. The lowest BCUT2D eigenvalue weighted by Crippen LogP contribution is -3.13. The number of hydrogen-bond acceptors (Lipinski definition) is 2. The number of amides is 1. The van der Waals surface area contributed by atoms with Gasteiger partial charge in [-0.1, -0.05) is 15.9 Å². The van der Waals surface area contributed by atoms with Gasteiger partial charge in [-0.15, -0.1) is 0 Å². The first-order valence-electron chi connectivity index (χ1n) is 7.22. The number of quaternary nitrogens is 1. The SMILES string of the molecule is O=C(c1cc(Br)ccc1F)N1CC[NH+](Cc2ccsc2)CC1. The Bertz CT molecular complexity index is 654. The van der Waals surface area contributed by atoms with Crippen molar-refractivity contribution in [1.29, 1.82) is 0 Å². The second kappa shape index (κ2) is 6.89. The van der Waals surface area contributed by atoms with Crippen LogP contribution in [0.3, 0.4) is 0 Å². The number of rotatable bonds is 3. The third kappa shape index (κ3) is 3.56. The Morgan fingerprint density at radius 3 is 2.77 bits per heavy atom. The topological polar surface area (TPSA) is 24.8 Å². The second-order valence-electron chi connectivity index (χ2n) is 5.47. The molecule has 2 aromatic rings. The van der Waals surface area contributed by atoms with Crippen LogP contribution in [0.25, 0.3) is 0 Å². The molecule has 22 heavy (non-hydrogen) atoms. The van der Waals surface area contributed by atoms with Crippen LogP contribution in [0.15, 0.2) is 39.5 Å². The number of hydrogen-bond donors (Lipinski definition) is 1. The van der Waals surface area contributed by atoms with Crippen LogP contribution in [-0.2, 0) is 6.54 Å². The average molecular weight is 384 g/mol. The predicted molar refractivity (Wildman–Crippen MR) is 88.7 cm³/mol. The fourth-order valence-electron chi connectivity index (χ4n) is 2.72. The number of carbonyl (C=O) groups is 1. The second-order valence-corrected chi connectivity index (χ2v) is 7.17. The Morgan fingerprint density at radius 2 is 2.09 bits per heavy atom. The van der Waals surface area contributed by atoms with E-state index < -0.39 is 5.82 Å². The van der Waals surface area contributed by atoms with E-state index in [1.807, 2.05) is 0 Å². The highest BCUT2D eigenvalue weighted by Crippen LogP contribution is 2.17. The maximum atomic E-state index is 13.8. The Morgan fingerprint density at radius 1 is 1.32 bits per heavy atom. The van der Waals surface area contributed by atoms with Gasteiger partial charge in [0, 0.05) is 10.0 Å². The van der Waals surface area contributed by atoms with E-state index in [1.165, 1.54) is 16.5 Å². The lowest BCUT2D eigenvalue weighted by atomic mass is 10.1. The lowest BCUT2D eigenvalue weighted by molar-refractivity contribution is -0.917. The van der Waals surface area contributed by atoms with Gasteiger partial charge in [0.2, 0.25) is 0 Å². The molecule has 3 rings (SSSR count). The van der Waals surface area contributed by atoms with Crippen molar-refractivity contribution in [3.63, 3.8) is 0 Å². The van der Waals surface area contributed by atoms with Crippen LogP contribution >= 0.6 is 27.3 Å². The first-order chi connectivity index (χ1) is 10.6. The van der Waals surface area contributed by atoms with Crippen molar-refractivity contribution < 1.29 is 14.1 Å². The lowest BCUT2D eigenvalue weighted by Gasteiger charge is -2.32. The molecule has 116 valence electrons. The first-order valence-corrected chi connectivity index (χ1v) is 8.96. The van der Waals surface area contributed by atoms with Gasteiger partial charge in [-0.2, -0.15) is 11.3 Å². The number of nitrogens with zero attached hydrogens (tertiary/aromatic N) is 1. The van der Waals surface area contributed by atoms with Crippen molar-refractivity contribution in [2.45, 2.75) is 6.54 Å². The molecule has 6 heteroatoms. The van der Waals surface area contributed by atoms with Crippen LogP contribution in [0.4, 0.5) is 4.39 Å². The van der Waals surface area contributed by atoms with Crippen molar-refractivity contribution in [3.05, 3.63) is 56.4 Å². The summed E-state index contributed by atoms with van der Waals surface area (Å²) in [7, 11) is 0. The predicted octanol–water partition coefficient (Wildman–Crippen LogP) is 2.19. The molecule has 1 aromatic carbocycles. The molecule has 1 fully saturated rings. The van der Waals surface area contributed by atoms with Crippen molar-refractivity contribution in [3.8, 4) is 0 Å². The zero-order valence-corrected chi connectivity index (χ0v) is 14.4. The Balaban J connectivity index is 1.61. The van der Waals surface area contributed by atoms with E-state index in [4.69, 9.17) is 0 Å². The van der Waals surface area contributed by atoms with Gasteiger partial charge < -0.3 is 9.80 Å². The molecule has 1 amide bonds. The average Bonchev–Trinajstić information content (AvgIpc) is 3.03. The number of halogens is 2. The van der Waals surface area contributed by atoms with Gasteiger partial charge in [0.05, 0.1) is 31.7 Å². The standard InChI is InChI=1S/C16H16BrFN2OS/c17-13-1-2-15(18)14(9-13)16(21)20-6-4-19(5-7-20)10-12-3-8-22-11-12/h1-3,8-9,11H,4-7,10H2/p+1. The van der Waals surface area contributed by atoms with E-state index in [-0.39, 0.29) is 11.5 Å². The van der Waals surface area contributed by atoms with E-state index in [1.54, 1.807) is 28.4 Å². The van der Waals surface area contributed by atoms with Crippen LogP contribution in [0, 0.1) is 5.82 Å². The molecule has 0 atom stereocenters. The summed E-state index contributed by atoms with van der Waals surface area (Å²) in [6.45, 7) is 4.14. The summed E-state index contributed by atoms with van der Waals surface area (Å²) in [6, 6.07) is 6.64. The molecule has 1 N–H and O–H groups in total. The molecule has 1 aliphatic rings. The quantitative estimate of drug-likeness (QED) is 0.863. The molecule has 1 aromatic heterocycles. The van der Waals surface area contributed by atoms with Gasteiger partial charge in [-0.05, 0) is 35.0 Å². The minimum absolute atomic E-state index is 0.149. The first kappa shape index (κ1) is 15.6. The van der Waals surface area contributed by atoms with Crippen LogP contribution in [-0.4, -0.2) is 37.0 Å². The molecule has 3 nitrogen and oxygen atoms in total. The van der Waals surface area contributed by atoms with Gasteiger partial charge in [-0.3, -0.25) is 4.79 Å². The normalized spacial score (nSPS) is 16.0. The monoisotopic (exact) mass is 383 g/mol. The van der Waals surface area contributed by atoms with Crippen LogP contribution in [0.1, 0.15) is 15.9 Å². The van der Waals surface area contributed by atoms with Crippen molar-refractivity contribution in [1.82, 2.24) is 4.90 Å². The fourth-order valence-corrected chi connectivity index (χ4v) is 3.75. The van der Waals surface area contributed by atoms with E-state index in [2.05, 4.69) is 32.8 Å².